The Kier molecular flexibility index (Phi) is 2.95. The minimum absolute atomic E-state index is 0.569. The van der Waals surface area contributed by atoms with E-state index in [2.05, 4.69) is 41.4 Å². The lowest BCUT2D eigenvalue weighted by Gasteiger charge is -2.16. The van der Waals surface area contributed by atoms with E-state index in [1.165, 1.54) is 16.7 Å². The Hall–Kier alpha value is -1.93. The fourth-order valence-corrected chi connectivity index (χ4v) is 2.41. The number of aryl methyl sites for hydroxylation is 1. The van der Waals surface area contributed by atoms with Gasteiger partial charge in [0.1, 0.15) is 0 Å². The number of hydrogen-bond donors (Lipinski definition) is 1. The van der Waals surface area contributed by atoms with Crippen LogP contribution in [0.1, 0.15) is 28.8 Å². The Morgan fingerprint density at radius 3 is 2.89 bits per heavy atom. The van der Waals surface area contributed by atoms with E-state index >= 15 is 0 Å². The van der Waals surface area contributed by atoms with Crippen molar-refractivity contribution >= 4 is 11.6 Å². The fourth-order valence-electron chi connectivity index (χ4n) is 2.41. The van der Waals surface area contributed by atoms with Gasteiger partial charge < -0.3 is 5.73 Å². The van der Waals surface area contributed by atoms with Crippen molar-refractivity contribution in [1.29, 1.82) is 0 Å². The van der Waals surface area contributed by atoms with Crippen molar-refractivity contribution in [3.05, 3.63) is 65.0 Å². The molecule has 3 rings (SSSR count). The summed E-state index contributed by atoms with van der Waals surface area (Å²) in [7, 11) is 0. The van der Waals surface area contributed by atoms with E-state index in [0.717, 1.165) is 24.1 Å². The Labute approximate surface area is 107 Å². The van der Waals surface area contributed by atoms with Crippen LogP contribution in [0.15, 0.2) is 42.6 Å². The third-order valence-corrected chi connectivity index (χ3v) is 3.44. The van der Waals surface area contributed by atoms with Crippen LogP contribution in [0.5, 0.6) is 0 Å². The molecule has 0 amide bonds. The highest BCUT2D eigenvalue weighted by Gasteiger charge is 2.12. The van der Waals surface area contributed by atoms with Crippen LogP contribution in [0.4, 0.5) is 0 Å². The summed E-state index contributed by atoms with van der Waals surface area (Å²) in [5.41, 5.74) is 11.9. The standard InChI is InChI=1S/C16H16N2/c17-11-12-7-8-18-16(9-12)15-6-5-13-3-1-2-4-14(13)10-15/h1-4,7-10H,5-6,11,17H2. The molecule has 2 nitrogen and oxygen atoms in total. The number of nitrogens with zero attached hydrogens (tertiary/aromatic N) is 1. The van der Waals surface area contributed by atoms with E-state index in [9.17, 15) is 0 Å². The second-order valence-electron chi connectivity index (χ2n) is 4.62. The zero-order valence-electron chi connectivity index (χ0n) is 10.3. The van der Waals surface area contributed by atoms with E-state index < -0.39 is 0 Å². The van der Waals surface area contributed by atoms with Crippen LogP contribution in [-0.2, 0) is 13.0 Å². The van der Waals surface area contributed by atoms with Crippen LogP contribution >= 0.6 is 0 Å². The van der Waals surface area contributed by atoms with E-state index in [1.807, 2.05) is 12.3 Å². The molecule has 2 aromatic rings. The Morgan fingerprint density at radius 1 is 1.11 bits per heavy atom. The van der Waals surface area contributed by atoms with Gasteiger partial charge in [0.05, 0.1) is 5.69 Å². The van der Waals surface area contributed by atoms with Gasteiger partial charge in [-0.15, -0.1) is 0 Å². The SMILES string of the molecule is NCc1ccnc(C2=Cc3ccccc3CC2)c1. The topological polar surface area (TPSA) is 38.9 Å². The summed E-state index contributed by atoms with van der Waals surface area (Å²) in [5.74, 6) is 0. The second kappa shape index (κ2) is 4.75. The van der Waals surface area contributed by atoms with E-state index in [-0.39, 0.29) is 0 Å². The lowest BCUT2D eigenvalue weighted by molar-refractivity contribution is 0.984. The lowest BCUT2D eigenvalue weighted by Crippen LogP contribution is -2.02. The Morgan fingerprint density at radius 2 is 2.00 bits per heavy atom. The molecule has 1 aromatic carbocycles. The van der Waals surface area contributed by atoms with Crippen molar-refractivity contribution in [2.45, 2.75) is 19.4 Å². The summed E-state index contributed by atoms with van der Waals surface area (Å²) in [4.78, 5) is 4.46. The number of rotatable bonds is 2. The summed E-state index contributed by atoms with van der Waals surface area (Å²) in [5, 5.41) is 0. The van der Waals surface area contributed by atoms with Crippen LogP contribution < -0.4 is 5.73 Å². The number of hydrogen-bond acceptors (Lipinski definition) is 2. The number of pyridine rings is 1. The zero-order chi connectivity index (χ0) is 12.4. The monoisotopic (exact) mass is 236 g/mol. The molecule has 0 atom stereocenters. The van der Waals surface area contributed by atoms with Gasteiger partial charge in [-0.3, -0.25) is 4.98 Å². The Balaban J connectivity index is 2.01. The molecule has 0 radical (unpaired) electrons. The molecule has 0 bridgehead atoms. The van der Waals surface area contributed by atoms with E-state index in [0.29, 0.717) is 6.54 Å². The molecule has 0 unspecified atom stereocenters. The minimum Gasteiger partial charge on any atom is -0.326 e. The first-order chi connectivity index (χ1) is 8.86. The average molecular weight is 236 g/mol. The molecule has 18 heavy (non-hydrogen) atoms. The normalized spacial score (nSPS) is 13.9. The van der Waals surface area contributed by atoms with Crippen LogP contribution in [-0.4, -0.2) is 4.98 Å². The van der Waals surface area contributed by atoms with Gasteiger partial charge in [0.25, 0.3) is 0 Å². The number of allylic oxidation sites excluding steroid dienone is 1. The van der Waals surface area contributed by atoms with Gasteiger partial charge in [-0.1, -0.05) is 24.3 Å². The first-order valence-corrected chi connectivity index (χ1v) is 6.30. The predicted molar refractivity (Wildman–Crippen MR) is 74.8 cm³/mol. The summed E-state index contributed by atoms with van der Waals surface area (Å²) in [6.45, 7) is 0.569. The van der Waals surface area contributed by atoms with Gasteiger partial charge in [-0.2, -0.15) is 0 Å². The Bertz CT molecular complexity index is 600. The molecule has 1 heterocycles. The highest BCUT2D eigenvalue weighted by molar-refractivity contribution is 5.83. The highest BCUT2D eigenvalue weighted by atomic mass is 14.7. The molecule has 1 aliphatic carbocycles. The highest BCUT2D eigenvalue weighted by Crippen LogP contribution is 2.29. The van der Waals surface area contributed by atoms with Crippen LogP contribution in [0, 0.1) is 0 Å². The summed E-state index contributed by atoms with van der Waals surface area (Å²) >= 11 is 0. The summed E-state index contributed by atoms with van der Waals surface area (Å²) in [6, 6.07) is 12.6. The van der Waals surface area contributed by atoms with Gasteiger partial charge in [0.2, 0.25) is 0 Å². The van der Waals surface area contributed by atoms with Gasteiger partial charge in [-0.05, 0) is 53.3 Å². The molecular weight excluding hydrogens is 220 g/mol. The molecular formula is C16H16N2. The first kappa shape index (κ1) is 11.2. The third kappa shape index (κ3) is 2.07. The smallest absolute Gasteiger partial charge is 0.0665 e. The molecule has 0 saturated heterocycles. The molecule has 1 aromatic heterocycles. The van der Waals surface area contributed by atoms with Gasteiger partial charge in [-0.25, -0.2) is 0 Å². The van der Waals surface area contributed by atoms with Gasteiger partial charge in [0.15, 0.2) is 0 Å². The van der Waals surface area contributed by atoms with Crippen LogP contribution in [0.25, 0.3) is 11.6 Å². The zero-order valence-corrected chi connectivity index (χ0v) is 10.3. The summed E-state index contributed by atoms with van der Waals surface area (Å²) in [6.07, 6.45) is 6.24. The maximum Gasteiger partial charge on any atom is 0.0665 e. The van der Waals surface area contributed by atoms with Crippen molar-refractivity contribution in [2.24, 2.45) is 5.73 Å². The van der Waals surface area contributed by atoms with Crippen molar-refractivity contribution in [2.75, 3.05) is 0 Å². The van der Waals surface area contributed by atoms with E-state index in [4.69, 9.17) is 5.73 Å². The second-order valence-corrected chi connectivity index (χ2v) is 4.62. The average Bonchev–Trinajstić information content (AvgIpc) is 2.47. The van der Waals surface area contributed by atoms with Gasteiger partial charge in [0, 0.05) is 12.7 Å². The molecule has 0 spiro atoms. The predicted octanol–water partition coefficient (Wildman–Crippen LogP) is 3.03. The molecule has 90 valence electrons. The first-order valence-electron chi connectivity index (χ1n) is 6.30. The molecule has 2 N–H and O–H groups in total. The molecule has 2 heteroatoms. The quantitative estimate of drug-likeness (QED) is 0.870. The van der Waals surface area contributed by atoms with Crippen molar-refractivity contribution in [3.8, 4) is 0 Å². The maximum absolute atomic E-state index is 5.68. The van der Waals surface area contributed by atoms with Crippen LogP contribution in [0.2, 0.25) is 0 Å². The molecule has 0 saturated carbocycles. The molecule has 0 fully saturated rings. The third-order valence-electron chi connectivity index (χ3n) is 3.44. The lowest BCUT2D eigenvalue weighted by atomic mass is 9.90. The van der Waals surface area contributed by atoms with Crippen molar-refractivity contribution in [1.82, 2.24) is 4.98 Å². The number of nitrogens with two attached hydrogens (primary N) is 1. The van der Waals surface area contributed by atoms with Crippen LogP contribution in [0.3, 0.4) is 0 Å². The number of aromatic nitrogens is 1. The maximum atomic E-state index is 5.68. The minimum atomic E-state index is 0.569. The van der Waals surface area contributed by atoms with E-state index in [1.54, 1.807) is 0 Å². The van der Waals surface area contributed by atoms with Crippen molar-refractivity contribution < 1.29 is 0 Å². The van der Waals surface area contributed by atoms with Crippen molar-refractivity contribution in [3.63, 3.8) is 0 Å². The van der Waals surface area contributed by atoms with Gasteiger partial charge >= 0.3 is 0 Å². The number of fused-ring (bicyclic) bond motifs is 1. The summed E-state index contributed by atoms with van der Waals surface area (Å²) < 4.78 is 0. The molecule has 0 aliphatic heterocycles. The number of benzene rings is 1. The molecule has 1 aliphatic rings. The largest absolute Gasteiger partial charge is 0.326 e. The fraction of sp³-hybridized carbons (Fsp3) is 0.188.